The van der Waals surface area contributed by atoms with Crippen molar-refractivity contribution in [3.63, 3.8) is 0 Å². The normalized spacial score (nSPS) is 27.7. The van der Waals surface area contributed by atoms with Crippen LogP contribution in [0.5, 0.6) is 0 Å². The van der Waals surface area contributed by atoms with Gasteiger partial charge in [0.15, 0.2) is 11.3 Å². The Balaban J connectivity index is 2.16. The van der Waals surface area contributed by atoms with Gasteiger partial charge in [-0.2, -0.15) is 0 Å². The lowest BCUT2D eigenvalue weighted by molar-refractivity contribution is -0.141. The quantitative estimate of drug-likeness (QED) is 0.848. The van der Waals surface area contributed by atoms with Crippen LogP contribution in [0, 0.1) is 0 Å². The molecule has 1 aromatic heterocycles. The molecule has 0 bridgehead atoms. The maximum atomic E-state index is 12.2. The minimum Gasteiger partial charge on any atom is -0.438 e. The monoisotopic (exact) mass is 304 g/mol. The molecule has 22 heavy (non-hydrogen) atoms. The lowest BCUT2D eigenvalue weighted by atomic mass is 9.88. The van der Waals surface area contributed by atoms with E-state index in [1.54, 1.807) is 32.3 Å². The zero-order chi connectivity index (χ0) is 16.4. The smallest absolute Gasteiger partial charge is 0.413 e. The van der Waals surface area contributed by atoms with E-state index in [4.69, 9.17) is 4.74 Å². The van der Waals surface area contributed by atoms with Crippen molar-refractivity contribution in [2.24, 2.45) is 0 Å². The Kier molecular flexibility index (Phi) is 4.56. The largest absolute Gasteiger partial charge is 0.438 e. The molecule has 2 rings (SSSR count). The van der Waals surface area contributed by atoms with Crippen molar-refractivity contribution in [1.82, 2.24) is 9.88 Å². The van der Waals surface area contributed by atoms with Gasteiger partial charge in [0.05, 0.1) is 6.54 Å². The maximum Gasteiger partial charge on any atom is 0.413 e. The van der Waals surface area contributed by atoms with E-state index in [0.29, 0.717) is 6.42 Å². The third kappa shape index (κ3) is 3.14. The van der Waals surface area contributed by atoms with Gasteiger partial charge in [-0.25, -0.2) is 4.79 Å². The second kappa shape index (κ2) is 6.08. The molecule has 2 atom stereocenters. The standard InChI is InChI=1S/C17H24N2O3/c1-13(2)7-5-9-16(3)17(4,21)19(15(20)22-16)12-14-8-6-10-18-11-14/h6-8,10-11,21H,5,9,12H2,1-4H3/t16-,17-/m0/s1. The first-order valence-electron chi connectivity index (χ1n) is 7.51. The van der Waals surface area contributed by atoms with E-state index in [2.05, 4.69) is 11.1 Å². The number of aliphatic hydroxyl groups is 1. The molecular formula is C17H24N2O3. The minimum absolute atomic E-state index is 0.276. The Hall–Kier alpha value is -1.88. The summed E-state index contributed by atoms with van der Waals surface area (Å²) in [7, 11) is 0. The van der Waals surface area contributed by atoms with E-state index in [0.717, 1.165) is 12.0 Å². The number of carbonyl (C=O) groups excluding carboxylic acids is 1. The molecule has 0 aliphatic carbocycles. The number of nitrogens with zero attached hydrogens (tertiary/aromatic N) is 2. The van der Waals surface area contributed by atoms with Gasteiger partial charge in [-0.3, -0.25) is 9.88 Å². The molecule has 1 aromatic rings. The average molecular weight is 304 g/mol. The Labute approximate surface area is 131 Å². The van der Waals surface area contributed by atoms with Crippen molar-refractivity contribution in [2.45, 2.75) is 58.4 Å². The molecule has 0 radical (unpaired) electrons. The topological polar surface area (TPSA) is 62.7 Å². The summed E-state index contributed by atoms with van der Waals surface area (Å²) in [5.74, 6) is 0. The molecule has 0 saturated carbocycles. The van der Waals surface area contributed by atoms with Gasteiger partial charge in [0.25, 0.3) is 0 Å². The summed E-state index contributed by atoms with van der Waals surface area (Å²) in [6.07, 6.45) is 6.27. The van der Waals surface area contributed by atoms with E-state index in [1.165, 1.54) is 10.5 Å². The highest BCUT2D eigenvalue weighted by Gasteiger charge is 2.58. The summed E-state index contributed by atoms with van der Waals surface area (Å²) in [6.45, 7) is 7.74. The molecule has 1 N–H and O–H groups in total. The lowest BCUT2D eigenvalue weighted by Gasteiger charge is -2.37. The van der Waals surface area contributed by atoms with Gasteiger partial charge in [-0.05, 0) is 52.2 Å². The van der Waals surface area contributed by atoms with E-state index < -0.39 is 17.4 Å². The first kappa shape index (κ1) is 16.5. The zero-order valence-corrected chi connectivity index (χ0v) is 13.7. The summed E-state index contributed by atoms with van der Waals surface area (Å²) < 4.78 is 5.52. The van der Waals surface area contributed by atoms with Gasteiger partial charge in [0.1, 0.15) is 0 Å². The van der Waals surface area contributed by atoms with E-state index >= 15 is 0 Å². The number of hydrogen-bond acceptors (Lipinski definition) is 4. The molecule has 0 spiro atoms. The van der Waals surface area contributed by atoms with Crippen LogP contribution in [0.2, 0.25) is 0 Å². The molecule has 5 heteroatoms. The molecule has 1 amide bonds. The molecule has 1 aliphatic heterocycles. The zero-order valence-electron chi connectivity index (χ0n) is 13.7. The summed E-state index contributed by atoms with van der Waals surface area (Å²) >= 11 is 0. The number of pyridine rings is 1. The first-order chi connectivity index (χ1) is 10.3. The molecule has 1 fully saturated rings. The molecule has 5 nitrogen and oxygen atoms in total. The Morgan fingerprint density at radius 2 is 2.18 bits per heavy atom. The van der Waals surface area contributed by atoms with Crippen molar-refractivity contribution in [1.29, 1.82) is 0 Å². The Bertz CT molecular complexity index is 565. The van der Waals surface area contributed by atoms with Crippen LogP contribution in [-0.4, -0.2) is 32.4 Å². The van der Waals surface area contributed by atoms with Crippen molar-refractivity contribution in [3.8, 4) is 0 Å². The Morgan fingerprint density at radius 1 is 1.45 bits per heavy atom. The van der Waals surface area contributed by atoms with Gasteiger partial charge in [-0.1, -0.05) is 17.7 Å². The second-order valence-electron chi connectivity index (χ2n) is 6.39. The molecule has 1 saturated heterocycles. The SMILES string of the molecule is CC(C)=CCC[C@]1(C)OC(=O)N(Cc2cccnc2)[C@@]1(C)O. The van der Waals surface area contributed by atoms with Gasteiger partial charge < -0.3 is 9.84 Å². The van der Waals surface area contributed by atoms with Gasteiger partial charge >= 0.3 is 6.09 Å². The van der Waals surface area contributed by atoms with E-state index in [1.807, 2.05) is 19.9 Å². The van der Waals surface area contributed by atoms with Crippen LogP contribution in [-0.2, 0) is 11.3 Å². The minimum atomic E-state index is -1.37. The predicted octanol–water partition coefficient (Wildman–Crippen LogP) is 3.25. The van der Waals surface area contributed by atoms with Crippen LogP contribution >= 0.6 is 0 Å². The van der Waals surface area contributed by atoms with Gasteiger partial charge in [0, 0.05) is 12.4 Å². The van der Waals surface area contributed by atoms with Crippen molar-refractivity contribution < 1.29 is 14.6 Å². The van der Waals surface area contributed by atoms with Crippen LogP contribution in [0.3, 0.4) is 0 Å². The number of hydrogen-bond donors (Lipinski definition) is 1. The number of cyclic esters (lactones) is 1. The first-order valence-corrected chi connectivity index (χ1v) is 7.51. The van der Waals surface area contributed by atoms with Crippen molar-refractivity contribution in [3.05, 3.63) is 41.7 Å². The third-order valence-corrected chi connectivity index (χ3v) is 4.30. The van der Waals surface area contributed by atoms with E-state index in [-0.39, 0.29) is 6.54 Å². The number of ether oxygens (including phenoxy) is 1. The van der Waals surface area contributed by atoms with Crippen molar-refractivity contribution >= 4 is 6.09 Å². The number of carbonyl (C=O) groups is 1. The molecule has 0 aromatic carbocycles. The summed E-state index contributed by atoms with van der Waals surface area (Å²) in [5, 5.41) is 10.9. The molecule has 2 heterocycles. The molecular weight excluding hydrogens is 280 g/mol. The number of rotatable bonds is 5. The highest BCUT2D eigenvalue weighted by atomic mass is 16.6. The molecule has 0 unspecified atom stereocenters. The number of allylic oxidation sites excluding steroid dienone is 2. The van der Waals surface area contributed by atoms with Gasteiger partial charge in [-0.15, -0.1) is 0 Å². The van der Waals surface area contributed by atoms with Crippen LogP contribution in [0.25, 0.3) is 0 Å². The summed E-state index contributed by atoms with van der Waals surface area (Å²) in [5.41, 5.74) is -0.235. The fourth-order valence-corrected chi connectivity index (χ4v) is 2.62. The fraction of sp³-hybridized carbons (Fsp3) is 0.529. The second-order valence-corrected chi connectivity index (χ2v) is 6.39. The highest BCUT2D eigenvalue weighted by molar-refractivity contribution is 5.72. The van der Waals surface area contributed by atoms with Crippen LogP contribution < -0.4 is 0 Å². The van der Waals surface area contributed by atoms with Crippen LogP contribution in [0.15, 0.2) is 36.2 Å². The van der Waals surface area contributed by atoms with Crippen LogP contribution in [0.1, 0.15) is 46.1 Å². The summed E-state index contributed by atoms with van der Waals surface area (Å²) in [6, 6.07) is 3.68. The lowest BCUT2D eigenvalue weighted by Crippen LogP contribution is -2.54. The highest BCUT2D eigenvalue weighted by Crippen LogP contribution is 2.41. The van der Waals surface area contributed by atoms with Gasteiger partial charge in [0.2, 0.25) is 0 Å². The predicted molar refractivity (Wildman–Crippen MR) is 84.0 cm³/mol. The van der Waals surface area contributed by atoms with Crippen molar-refractivity contribution in [2.75, 3.05) is 0 Å². The maximum absolute atomic E-state index is 12.2. The number of amides is 1. The molecule has 120 valence electrons. The van der Waals surface area contributed by atoms with E-state index in [9.17, 15) is 9.90 Å². The summed E-state index contributed by atoms with van der Waals surface area (Å²) in [4.78, 5) is 17.6. The number of aromatic nitrogens is 1. The fourth-order valence-electron chi connectivity index (χ4n) is 2.62. The van der Waals surface area contributed by atoms with Crippen LogP contribution in [0.4, 0.5) is 4.79 Å². The Morgan fingerprint density at radius 3 is 2.77 bits per heavy atom. The average Bonchev–Trinajstić information content (AvgIpc) is 2.60. The molecule has 1 aliphatic rings. The third-order valence-electron chi connectivity index (χ3n) is 4.30.